The summed E-state index contributed by atoms with van der Waals surface area (Å²) < 4.78 is 0. The fourth-order valence-corrected chi connectivity index (χ4v) is 2.44. The summed E-state index contributed by atoms with van der Waals surface area (Å²) in [5.41, 5.74) is 2.38. The summed E-state index contributed by atoms with van der Waals surface area (Å²) in [4.78, 5) is 9.33. The van der Waals surface area contributed by atoms with Gasteiger partial charge in [0, 0.05) is 31.4 Å². The molecule has 1 rings (SSSR count). The second kappa shape index (κ2) is 7.46. The molecule has 1 N–H and O–H groups in total. The van der Waals surface area contributed by atoms with Gasteiger partial charge < -0.3 is 15.1 Å². The highest BCUT2D eigenvalue weighted by molar-refractivity contribution is 5.42. The third-order valence-corrected chi connectivity index (χ3v) is 3.34. The number of likely N-dealkylation sites (N-methyl/N-ethyl adjacent to an activating group) is 2. The van der Waals surface area contributed by atoms with Crippen molar-refractivity contribution in [2.75, 3.05) is 39.1 Å². The van der Waals surface area contributed by atoms with Gasteiger partial charge in [-0.1, -0.05) is 6.07 Å². The number of anilines is 1. The van der Waals surface area contributed by atoms with Gasteiger partial charge in [0.15, 0.2) is 0 Å². The maximum atomic E-state index is 4.76. The Bertz CT molecular complexity index is 390. The summed E-state index contributed by atoms with van der Waals surface area (Å²) in [6, 6.07) is 4.77. The van der Waals surface area contributed by atoms with Gasteiger partial charge in [0.25, 0.3) is 0 Å². The molecule has 0 spiro atoms. The van der Waals surface area contributed by atoms with Gasteiger partial charge in [-0.15, -0.1) is 0 Å². The summed E-state index contributed by atoms with van der Waals surface area (Å²) in [6.45, 7) is 9.41. The lowest BCUT2D eigenvalue weighted by atomic mass is 10.2. The van der Waals surface area contributed by atoms with E-state index in [4.69, 9.17) is 4.98 Å². The smallest absolute Gasteiger partial charge is 0.129 e. The van der Waals surface area contributed by atoms with Crippen molar-refractivity contribution in [3.05, 3.63) is 23.4 Å². The Hall–Kier alpha value is -1.13. The van der Waals surface area contributed by atoms with Crippen LogP contribution in [0.15, 0.2) is 12.1 Å². The zero-order valence-corrected chi connectivity index (χ0v) is 13.2. The van der Waals surface area contributed by atoms with Crippen molar-refractivity contribution in [2.24, 2.45) is 0 Å². The first-order chi connectivity index (χ1) is 8.99. The summed E-state index contributed by atoms with van der Waals surface area (Å²) in [6.07, 6.45) is 0. The summed E-state index contributed by atoms with van der Waals surface area (Å²) in [7, 11) is 6.18. The molecule has 1 atom stereocenters. The standard InChI is InChI=1S/C15H28N4/c1-7-19(12(2)11-18(5)6)15-9-8-14(10-16-4)13(3)17-15/h8-9,12,16H,7,10-11H2,1-6H3. The van der Waals surface area contributed by atoms with Crippen molar-refractivity contribution < 1.29 is 0 Å². The molecule has 0 saturated carbocycles. The molecule has 0 aliphatic carbocycles. The predicted octanol–water partition coefficient (Wildman–Crippen LogP) is 1.89. The van der Waals surface area contributed by atoms with Gasteiger partial charge in [0.2, 0.25) is 0 Å². The maximum Gasteiger partial charge on any atom is 0.129 e. The van der Waals surface area contributed by atoms with Gasteiger partial charge in [-0.05, 0) is 53.5 Å². The van der Waals surface area contributed by atoms with Gasteiger partial charge in [-0.2, -0.15) is 0 Å². The normalized spacial score (nSPS) is 12.8. The van der Waals surface area contributed by atoms with Gasteiger partial charge in [0.05, 0.1) is 0 Å². The number of rotatable bonds is 7. The number of aryl methyl sites for hydroxylation is 1. The molecule has 108 valence electrons. The van der Waals surface area contributed by atoms with Crippen LogP contribution in [0.1, 0.15) is 25.1 Å². The molecule has 4 nitrogen and oxygen atoms in total. The predicted molar refractivity (Wildman–Crippen MR) is 82.8 cm³/mol. The molecule has 1 aromatic heterocycles. The van der Waals surface area contributed by atoms with Crippen LogP contribution in [0.25, 0.3) is 0 Å². The Morgan fingerprint density at radius 2 is 2.00 bits per heavy atom. The lowest BCUT2D eigenvalue weighted by Crippen LogP contribution is -2.40. The van der Waals surface area contributed by atoms with Crippen molar-refractivity contribution in [1.82, 2.24) is 15.2 Å². The molecular weight excluding hydrogens is 236 g/mol. The van der Waals surface area contributed by atoms with Gasteiger partial charge in [-0.25, -0.2) is 4.98 Å². The molecule has 0 aromatic carbocycles. The van der Waals surface area contributed by atoms with E-state index < -0.39 is 0 Å². The van der Waals surface area contributed by atoms with E-state index >= 15 is 0 Å². The molecule has 0 saturated heterocycles. The highest BCUT2D eigenvalue weighted by Gasteiger charge is 2.15. The minimum Gasteiger partial charge on any atom is -0.353 e. The van der Waals surface area contributed by atoms with Crippen molar-refractivity contribution in [2.45, 2.75) is 33.4 Å². The summed E-state index contributed by atoms with van der Waals surface area (Å²) >= 11 is 0. The topological polar surface area (TPSA) is 31.4 Å². The Labute approximate surface area is 117 Å². The lowest BCUT2D eigenvalue weighted by Gasteiger charge is -2.31. The van der Waals surface area contributed by atoms with E-state index in [-0.39, 0.29) is 0 Å². The molecule has 0 bridgehead atoms. The summed E-state index contributed by atoms with van der Waals surface area (Å²) in [5.74, 6) is 1.08. The Kier molecular flexibility index (Phi) is 6.25. The third kappa shape index (κ3) is 4.48. The maximum absolute atomic E-state index is 4.76. The zero-order chi connectivity index (χ0) is 14.4. The van der Waals surface area contributed by atoms with Gasteiger partial charge in [0.1, 0.15) is 5.82 Å². The minimum absolute atomic E-state index is 0.460. The quantitative estimate of drug-likeness (QED) is 0.815. The summed E-state index contributed by atoms with van der Waals surface area (Å²) in [5, 5.41) is 3.18. The van der Waals surface area contributed by atoms with Gasteiger partial charge in [-0.3, -0.25) is 0 Å². The molecule has 0 amide bonds. The van der Waals surface area contributed by atoms with E-state index in [1.54, 1.807) is 0 Å². The van der Waals surface area contributed by atoms with E-state index in [0.29, 0.717) is 6.04 Å². The lowest BCUT2D eigenvalue weighted by molar-refractivity contribution is 0.372. The van der Waals surface area contributed by atoms with Crippen LogP contribution in [0.4, 0.5) is 5.82 Å². The van der Waals surface area contributed by atoms with Crippen LogP contribution in [0, 0.1) is 6.92 Å². The van der Waals surface area contributed by atoms with Crippen LogP contribution in [0.5, 0.6) is 0 Å². The first kappa shape index (κ1) is 15.9. The zero-order valence-electron chi connectivity index (χ0n) is 13.2. The van der Waals surface area contributed by atoms with E-state index in [1.165, 1.54) is 5.56 Å². The second-order valence-corrected chi connectivity index (χ2v) is 5.34. The van der Waals surface area contributed by atoms with Crippen molar-refractivity contribution >= 4 is 5.82 Å². The number of aromatic nitrogens is 1. The van der Waals surface area contributed by atoms with Crippen LogP contribution in [-0.4, -0.2) is 50.2 Å². The Morgan fingerprint density at radius 3 is 2.47 bits per heavy atom. The largest absolute Gasteiger partial charge is 0.353 e. The monoisotopic (exact) mass is 264 g/mol. The average Bonchev–Trinajstić information content (AvgIpc) is 2.32. The molecule has 0 radical (unpaired) electrons. The van der Waals surface area contributed by atoms with Crippen molar-refractivity contribution in [3.8, 4) is 0 Å². The van der Waals surface area contributed by atoms with Crippen LogP contribution in [-0.2, 0) is 6.54 Å². The second-order valence-electron chi connectivity index (χ2n) is 5.34. The van der Waals surface area contributed by atoms with Gasteiger partial charge >= 0.3 is 0 Å². The van der Waals surface area contributed by atoms with Crippen LogP contribution in [0.2, 0.25) is 0 Å². The number of hydrogen-bond donors (Lipinski definition) is 1. The molecule has 0 aliphatic heterocycles. The third-order valence-electron chi connectivity index (χ3n) is 3.34. The fraction of sp³-hybridized carbons (Fsp3) is 0.667. The van der Waals surface area contributed by atoms with Crippen LogP contribution >= 0.6 is 0 Å². The highest BCUT2D eigenvalue weighted by Crippen LogP contribution is 2.17. The van der Waals surface area contributed by atoms with E-state index in [1.807, 2.05) is 7.05 Å². The van der Waals surface area contributed by atoms with E-state index in [9.17, 15) is 0 Å². The number of pyridine rings is 1. The molecule has 4 heteroatoms. The first-order valence-corrected chi connectivity index (χ1v) is 7.02. The highest BCUT2D eigenvalue weighted by atomic mass is 15.2. The Morgan fingerprint density at radius 1 is 1.32 bits per heavy atom. The Balaban J connectivity index is 2.89. The molecule has 0 aliphatic rings. The molecule has 1 heterocycles. The van der Waals surface area contributed by atoms with E-state index in [0.717, 1.165) is 31.1 Å². The van der Waals surface area contributed by atoms with Crippen molar-refractivity contribution in [1.29, 1.82) is 0 Å². The number of nitrogens with one attached hydrogen (secondary N) is 1. The van der Waals surface area contributed by atoms with Crippen LogP contribution in [0.3, 0.4) is 0 Å². The molecule has 1 unspecified atom stereocenters. The number of nitrogens with zero attached hydrogens (tertiary/aromatic N) is 3. The molecular formula is C15H28N4. The fourth-order valence-electron chi connectivity index (χ4n) is 2.44. The molecule has 0 fully saturated rings. The van der Waals surface area contributed by atoms with Crippen molar-refractivity contribution in [3.63, 3.8) is 0 Å². The SMILES string of the molecule is CCN(c1ccc(CNC)c(C)n1)C(C)CN(C)C. The van der Waals surface area contributed by atoms with Crippen LogP contribution < -0.4 is 10.2 Å². The average molecular weight is 264 g/mol. The molecule has 1 aromatic rings. The first-order valence-electron chi connectivity index (χ1n) is 7.02. The van der Waals surface area contributed by atoms with E-state index in [2.05, 4.69) is 62.1 Å². The minimum atomic E-state index is 0.460. The molecule has 19 heavy (non-hydrogen) atoms. The number of hydrogen-bond acceptors (Lipinski definition) is 4.